The fourth-order valence-electron chi connectivity index (χ4n) is 4.57. The average Bonchev–Trinajstić information content (AvgIpc) is 3.07. The molecular formula is C27H36N2O2S. The van der Waals surface area contributed by atoms with Gasteiger partial charge in [0, 0.05) is 23.4 Å². The molecule has 3 rings (SSSR count). The third-order valence-corrected chi connectivity index (χ3v) is 6.88. The highest BCUT2D eigenvalue weighted by Crippen LogP contribution is 2.46. The lowest BCUT2D eigenvalue weighted by Gasteiger charge is -2.29. The summed E-state index contributed by atoms with van der Waals surface area (Å²) in [7, 11) is 0. The molecule has 5 heteroatoms. The summed E-state index contributed by atoms with van der Waals surface area (Å²) >= 11 is 1.62. The van der Waals surface area contributed by atoms with E-state index in [-0.39, 0.29) is 22.6 Å². The molecule has 0 aliphatic carbocycles. The summed E-state index contributed by atoms with van der Waals surface area (Å²) in [5.74, 6) is 1.18. The molecular weight excluding hydrogens is 416 g/mol. The Kier molecular flexibility index (Phi) is 7.71. The van der Waals surface area contributed by atoms with Crippen LogP contribution in [0, 0.1) is 11.3 Å². The van der Waals surface area contributed by atoms with E-state index in [1.54, 1.807) is 11.8 Å². The molecule has 0 aromatic heterocycles. The second-order valence-electron chi connectivity index (χ2n) is 10.4. The van der Waals surface area contributed by atoms with E-state index < -0.39 is 0 Å². The summed E-state index contributed by atoms with van der Waals surface area (Å²) in [6.45, 7) is 13.0. The van der Waals surface area contributed by atoms with Gasteiger partial charge in [-0.15, -0.1) is 11.8 Å². The van der Waals surface area contributed by atoms with Gasteiger partial charge in [-0.05, 0) is 41.4 Å². The van der Waals surface area contributed by atoms with Gasteiger partial charge in [-0.25, -0.2) is 0 Å². The van der Waals surface area contributed by atoms with Crippen molar-refractivity contribution in [3.05, 3.63) is 59.7 Å². The summed E-state index contributed by atoms with van der Waals surface area (Å²) in [6, 6.07) is 16.0. The van der Waals surface area contributed by atoms with Crippen LogP contribution in [0.2, 0.25) is 0 Å². The topological polar surface area (TPSA) is 49.4 Å². The third kappa shape index (κ3) is 5.94. The number of para-hydroxylation sites is 2. The van der Waals surface area contributed by atoms with E-state index in [1.165, 1.54) is 0 Å². The number of hydrogen-bond acceptors (Lipinski definition) is 3. The number of hydrogen-bond donors (Lipinski definition) is 1. The zero-order chi connectivity index (χ0) is 23.5. The molecule has 0 bridgehead atoms. The van der Waals surface area contributed by atoms with Crippen molar-refractivity contribution in [3.8, 4) is 0 Å². The first kappa shape index (κ1) is 24.4. The van der Waals surface area contributed by atoms with Gasteiger partial charge in [0.05, 0.1) is 5.75 Å². The van der Waals surface area contributed by atoms with Gasteiger partial charge in [0.15, 0.2) is 0 Å². The summed E-state index contributed by atoms with van der Waals surface area (Å²) < 4.78 is 0. The second-order valence-corrected chi connectivity index (χ2v) is 11.4. The van der Waals surface area contributed by atoms with Gasteiger partial charge < -0.3 is 5.32 Å². The Balaban J connectivity index is 1.86. The fraction of sp³-hybridized carbons (Fsp3) is 0.481. The van der Waals surface area contributed by atoms with Gasteiger partial charge >= 0.3 is 0 Å². The van der Waals surface area contributed by atoms with Crippen molar-refractivity contribution in [2.45, 2.75) is 65.7 Å². The van der Waals surface area contributed by atoms with E-state index >= 15 is 0 Å². The Hall–Kier alpha value is -2.27. The van der Waals surface area contributed by atoms with Crippen molar-refractivity contribution in [2.75, 3.05) is 16.0 Å². The minimum Gasteiger partial charge on any atom is -0.326 e. The molecule has 2 aromatic carbocycles. The van der Waals surface area contributed by atoms with E-state index in [1.807, 2.05) is 47.4 Å². The molecule has 2 atom stereocenters. The van der Waals surface area contributed by atoms with E-state index in [2.05, 4.69) is 52.9 Å². The maximum absolute atomic E-state index is 13.0. The van der Waals surface area contributed by atoms with Crippen LogP contribution in [0.1, 0.15) is 76.8 Å². The SMILES string of the molecule is CC(C)c1ccccc1N1C(=O)CS[C@H]1c1ccccc1NC(=O)C[C@@H](C)CC(C)(C)C. The Morgan fingerprint density at radius 1 is 1.09 bits per heavy atom. The predicted octanol–water partition coefficient (Wildman–Crippen LogP) is 6.99. The first-order valence-corrected chi connectivity index (χ1v) is 12.5. The maximum Gasteiger partial charge on any atom is 0.238 e. The van der Waals surface area contributed by atoms with Crippen LogP contribution < -0.4 is 10.2 Å². The number of carbonyl (C=O) groups excluding carboxylic acids is 2. The number of benzene rings is 2. The average molecular weight is 453 g/mol. The lowest BCUT2D eigenvalue weighted by Crippen LogP contribution is -2.29. The molecule has 1 heterocycles. The molecule has 172 valence electrons. The van der Waals surface area contributed by atoms with Crippen LogP contribution in [0.15, 0.2) is 48.5 Å². The van der Waals surface area contributed by atoms with Gasteiger partial charge in [0.2, 0.25) is 11.8 Å². The number of carbonyl (C=O) groups is 2. The molecule has 0 unspecified atom stereocenters. The molecule has 1 aliphatic heterocycles. The highest BCUT2D eigenvalue weighted by molar-refractivity contribution is 8.00. The quantitative estimate of drug-likeness (QED) is 0.492. The standard InChI is InChI=1S/C27H36N2O2S/c1-18(2)20-11-8-10-14-23(20)29-25(31)17-32-26(29)21-12-7-9-13-22(21)28-24(30)15-19(3)16-27(4,5)6/h7-14,18-19,26H,15-17H2,1-6H3,(H,28,30)/t19-,26+/m1/s1. The molecule has 1 saturated heterocycles. The number of nitrogens with zero attached hydrogens (tertiary/aromatic N) is 1. The van der Waals surface area contributed by atoms with Crippen molar-refractivity contribution >= 4 is 35.0 Å². The van der Waals surface area contributed by atoms with Crippen LogP contribution in [0.25, 0.3) is 0 Å². The molecule has 2 amide bonds. The highest BCUT2D eigenvalue weighted by Gasteiger charge is 2.36. The van der Waals surface area contributed by atoms with Crippen LogP contribution >= 0.6 is 11.8 Å². The molecule has 1 N–H and O–H groups in total. The monoisotopic (exact) mass is 452 g/mol. The summed E-state index contributed by atoms with van der Waals surface area (Å²) in [6.07, 6.45) is 1.48. The van der Waals surface area contributed by atoms with Gasteiger partial charge in [-0.1, -0.05) is 77.9 Å². The van der Waals surface area contributed by atoms with E-state index in [0.717, 1.165) is 28.9 Å². The molecule has 2 aromatic rings. The lowest BCUT2D eigenvalue weighted by atomic mass is 9.84. The Morgan fingerprint density at radius 3 is 2.44 bits per heavy atom. The number of rotatable bonds is 7. The second kappa shape index (κ2) is 10.1. The minimum absolute atomic E-state index is 0.0256. The minimum atomic E-state index is -0.161. The van der Waals surface area contributed by atoms with Gasteiger partial charge in [0.25, 0.3) is 0 Å². The van der Waals surface area contributed by atoms with Crippen molar-refractivity contribution < 1.29 is 9.59 Å². The summed E-state index contributed by atoms with van der Waals surface area (Å²) in [4.78, 5) is 27.7. The van der Waals surface area contributed by atoms with E-state index in [9.17, 15) is 9.59 Å². The highest BCUT2D eigenvalue weighted by atomic mass is 32.2. The largest absolute Gasteiger partial charge is 0.326 e. The third-order valence-electron chi connectivity index (χ3n) is 5.68. The molecule has 0 spiro atoms. The van der Waals surface area contributed by atoms with Crippen LogP contribution in [-0.4, -0.2) is 17.6 Å². The molecule has 32 heavy (non-hydrogen) atoms. The number of anilines is 2. The Labute approximate surface area is 197 Å². The van der Waals surface area contributed by atoms with E-state index in [0.29, 0.717) is 24.0 Å². The van der Waals surface area contributed by atoms with Crippen LogP contribution in [0.4, 0.5) is 11.4 Å². The lowest BCUT2D eigenvalue weighted by molar-refractivity contribution is -0.117. The summed E-state index contributed by atoms with van der Waals surface area (Å²) in [5, 5.41) is 2.98. The van der Waals surface area contributed by atoms with Crippen molar-refractivity contribution in [1.82, 2.24) is 0 Å². The normalized spacial score (nSPS) is 17.7. The zero-order valence-corrected chi connectivity index (χ0v) is 21.0. The van der Waals surface area contributed by atoms with E-state index in [4.69, 9.17) is 0 Å². The molecule has 0 saturated carbocycles. The van der Waals surface area contributed by atoms with Crippen molar-refractivity contribution in [1.29, 1.82) is 0 Å². The zero-order valence-electron chi connectivity index (χ0n) is 20.1. The van der Waals surface area contributed by atoms with Crippen LogP contribution in [-0.2, 0) is 9.59 Å². The predicted molar refractivity (Wildman–Crippen MR) is 136 cm³/mol. The van der Waals surface area contributed by atoms with Crippen LogP contribution in [0.3, 0.4) is 0 Å². The number of amides is 2. The van der Waals surface area contributed by atoms with Crippen molar-refractivity contribution in [3.63, 3.8) is 0 Å². The first-order valence-electron chi connectivity index (χ1n) is 11.5. The van der Waals surface area contributed by atoms with Crippen LogP contribution in [0.5, 0.6) is 0 Å². The molecule has 1 aliphatic rings. The number of thioether (sulfide) groups is 1. The van der Waals surface area contributed by atoms with Crippen molar-refractivity contribution in [2.24, 2.45) is 11.3 Å². The van der Waals surface area contributed by atoms with Gasteiger partial charge in [-0.2, -0.15) is 0 Å². The van der Waals surface area contributed by atoms with Gasteiger partial charge in [0.1, 0.15) is 5.37 Å². The maximum atomic E-state index is 13.0. The van der Waals surface area contributed by atoms with Gasteiger partial charge in [-0.3, -0.25) is 14.5 Å². The summed E-state index contributed by atoms with van der Waals surface area (Å²) in [5.41, 5.74) is 4.08. The molecule has 1 fully saturated rings. The number of nitrogens with one attached hydrogen (secondary N) is 1. The Bertz CT molecular complexity index is 964. The molecule has 4 nitrogen and oxygen atoms in total. The smallest absolute Gasteiger partial charge is 0.238 e. The Morgan fingerprint density at radius 2 is 1.75 bits per heavy atom. The molecule has 0 radical (unpaired) electrons. The first-order chi connectivity index (χ1) is 15.1. The fourth-order valence-corrected chi connectivity index (χ4v) is 5.78.